The maximum atomic E-state index is 13.8. The van der Waals surface area contributed by atoms with Gasteiger partial charge in [-0.2, -0.15) is 0 Å². The monoisotopic (exact) mass is 359 g/mol. The lowest BCUT2D eigenvalue weighted by atomic mass is 9.96. The van der Waals surface area contributed by atoms with Gasteiger partial charge in [-0.25, -0.2) is 13.8 Å². The Bertz CT molecular complexity index is 839. The first-order valence-corrected chi connectivity index (χ1v) is 9.31. The molecule has 4 nitrogen and oxygen atoms in total. The number of hydrogen-bond acceptors (Lipinski definition) is 3. The van der Waals surface area contributed by atoms with Crippen LogP contribution in [-0.2, 0) is 13.1 Å². The molecule has 0 radical (unpaired) electrons. The Morgan fingerprint density at radius 1 is 1.08 bits per heavy atom. The lowest BCUT2D eigenvalue weighted by Crippen LogP contribution is -2.36. The van der Waals surface area contributed by atoms with Gasteiger partial charge in [0.1, 0.15) is 11.6 Å². The molecule has 0 atom stereocenters. The lowest BCUT2D eigenvalue weighted by molar-refractivity contribution is 0.164. The molecule has 0 bridgehead atoms. The highest BCUT2D eigenvalue weighted by Gasteiger charge is 2.26. The molecule has 138 valence electrons. The molecule has 0 N–H and O–H groups in total. The SMILES string of the molecule is O=c1cc(C2CC2)ncn1CC1CCN(Cc2cc(F)ccc2F)CC1. The van der Waals surface area contributed by atoms with Crippen molar-refractivity contribution in [1.82, 2.24) is 14.5 Å². The number of rotatable bonds is 5. The van der Waals surface area contributed by atoms with E-state index >= 15 is 0 Å². The molecule has 0 unspecified atom stereocenters. The van der Waals surface area contributed by atoms with Gasteiger partial charge in [-0.1, -0.05) is 0 Å². The molecule has 2 fully saturated rings. The van der Waals surface area contributed by atoms with Gasteiger partial charge in [0.15, 0.2) is 0 Å². The molecule has 1 aromatic carbocycles. The lowest BCUT2D eigenvalue weighted by Gasteiger charge is -2.32. The molecule has 0 spiro atoms. The summed E-state index contributed by atoms with van der Waals surface area (Å²) < 4.78 is 28.8. The maximum absolute atomic E-state index is 13.8. The largest absolute Gasteiger partial charge is 0.299 e. The Morgan fingerprint density at radius 3 is 2.54 bits per heavy atom. The molecule has 1 saturated carbocycles. The van der Waals surface area contributed by atoms with Crippen LogP contribution in [0.15, 0.2) is 35.4 Å². The summed E-state index contributed by atoms with van der Waals surface area (Å²) in [5, 5.41) is 0. The number of nitrogens with zero attached hydrogens (tertiary/aromatic N) is 3. The predicted molar refractivity (Wildman–Crippen MR) is 94.8 cm³/mol. The van der Waals surface area contributed by atoms with Crippen LogP contribution in [-0.4, -0.2) is 27.5 Å². The number of likely N-dealkylation sites (tertiary alicyclic amines) is 1. The normalized spacial score (nSPS) is 19.0. The molecule has 1 aromatic heterocycles. The Hall–Kier alpha value is -2.08. The van der Waals surface area contributed by atoms with Crippen molar-refractivity contribution in [2.45, 2.75) is 44.7 Å². The minimum absolute atomic E-state index is 0.0335. The van der Waals surface area contributed by atoms with Crippen molar-refractivity contribution in [3.63, 3.8) is 0 Å². The highest BCUT2D eigenvalue weighted by atomic mass is 19.1. The second-order valence-corrected chi connectivity index (χ2v) is 7.53. The second kappa shape index (κ2) is 7.27. The summed E-state index contributed by atoms with van der Waals surface area (Å²) in [4.78, 5) is 18.8. The van der Waals surface area contributed by atoms with Crippen molar-refractivity contribution in [2.24, 2.45) is 5.92 Å². The van der Waals surface area contributed by atoms with E-state index in [9.17, 15) is 13.6 Å². The van der Waals surface area contributed by atoms with Crippen molar-refractivity contribution in [3.8, 4) is 0 Å². The Balaban J connectivity index is 1.32. The number of aromatic nitrogens is 2. The van der Waals surface area contributed by atoms with Crippen LogP contribution in [0.1, 0.15) is 42.9 Å². The summed E-state index contributed by atoms with van der Waals surface area (Å²) in [7, 11) is 0. The zero-order valence-corrected chi connectivity index (χ0v) is 14.7. The van der Waals surface area contributed by atoms with Gasteiger partial charge in [0.05, 0.1) is 12.0 Å². The molecule has 2 aliphatic rings. The van der Waals surface area contributed by atoms with Crippen molar-refractivity contribution >= 4 is 0 Å². The van der Waals surface area contributed by atoms with E-state index in [2.05, 4.69) is 9.88 Å². The van der Waals surface area contributed by atoms with Gasteiger partial charge >= 0.3 is 0 Å². The van der Waals surface area contributed by atoms with E-state index in [0.29, 0.717) is 30.5 Å². The molecule has 0 amide bonds. The topological polar surface area (TPSA) is 38.1 Å². The molecule has 1 saturated heterocycles. The average molecular weight is 359 g/mol. The first kappa shape index (κ1) is 17.3. The summed E-state index contributed by atoms with van der Waals surface area (Å²) in [6.07, 6.45) is 5.84. The smallest absolute Gasteiger partial charge is 0.253 e. The summed E-state index contributed by atoms with van der Waals surface area (Å²) in [5.41, 5.74) is 1.36. The van der Waals surface area contributed by atoms with E-state index in [1.165, 1.54) is 12.1 Å². The third-order valence-corrected chi connectivity index (χ3v) is 5.46. The number of benzene rings is 1. The van der Waals surface area contributed by atoms with Gasteiger partial charge in [0.2, 0.25) is 0 Å². The Labute approximate surface area is 151 Å². The van der Waals surface area contributed by atoms with Crippen LogP contribution in [0.3, 0.4) is 0 Å². The van der Waals surface area contributed by atoms with Crippen LogP contribution in [0.4, 0.5) is 8.78 Å². The minimum Gasteiger partial charge on any atom is -0.299 e. The van der Waals surface area contributed by atoms with Crippen molar-refractivity contribution in [3.05, 3.63) is 63.8 Å². The predicted octanol–water partition coefficient (Wildman–Crippen LogP) is 3.31. The van der Waals surface area contributed by atoms with Gasteiger partial charge in [-0.3, -0.25) is 14.3 Å². The van der Waals surface area contributed by atoms with Crippen LogP contribution in [0.2, 0.25) is 0 Å². The summed E-state index contributed by atoms with van der Waals surface area (Å²) in [6, 6.07) is 5.28. The van der Waals surface area contributed by atoms with E-state index in [-0.39, 0.29) is 11.4 Å². The van der Waals surface area contributed by atoms with Crippen molar-refractivity contribution in [1.29, 1.82) is 0 Å². The van der Waals surface area contributed by atoms with Crippen LogP contribution in [0.5, 0.6) is 0 Å². The molecule has 2 aromatic rings. The molecular weight excluding hydrogens is 336 g/mol. The van der Waals surface area contributed by atoms with Gasteiger partial charge in [-0.05, 0) is 62.9 Å². The van der Waals surface area contributed by atoms with Crippen LogP contribution >= 0.6 is 0 Å². The first-order valence-electron chi connectivity index (χ1n) is 9.31. The van der Waals surface area contributed by atoms with Crippen molar-refractivity contribution < 1.29 is 8.78 Å². The van der Waals surface area contributed by atoms with Crippen LogP contribution in [0.25, 0.3) is 0 Å². The summed E-state index contributed by atoms with van der Waals surface area (Å²) >= 11 is 0. The summed E-state index contributed by atoms with van der Waals surface area (Å²) in [6.45, 7) is 2.75. The fourth-order valence-corrected chi connectivity index (χ4v) is 3.69. The Morgan fingerprint density at radius 2 is 1.85 bits per heavy atom. The highest BCUT2D eigenvalue weighted by molar-refractivity contribution is 5.18. The minimum atomic E-state index is -0.405. The van der Waals surface area contributed by atoms with E-state index in [1.807, 2.05) is 0 Å². The second-order valence-electron chi connectivity index (χ2n) is 7.53. The fraction of sp³-hybridized carbons (Fsp3) is 0.500. The number of halogens is 2. The molecule has 4 rings (SSSR count). The van der Waals surface area contributed by atoms with Gasteiger partial charge in [-0.15, -0.1) is 0 Å². The number of piperidine rings is 1. The third kappa shape index (κ3) is 4.01. The van der Waals surface area contributed by atoms with E-state index in [0.717, 1.165) is 50.5 Å². The molecule has 2 heterocycles. The molecule has 1 aliphatic heterocycles. The first-order chi connectivity index (χ1) is 12.6. The summed E-state index contributed by atoms with van der Waals surface area (Å²) in [5.74, 6) is 0.137. The quantitative estimate of drug-likeness (QED) is 0.822. The highest BCUT2D eigenvalue weighted by Crippen LogP contribution is 2.38. The average Bonchev–Trinajstić information content (AvgIpc) is 3.47. The zero-order chi connectivity index (χ0) is 18.1. The van der Waals surface area contributed by atoms with Gasteiger partial charge < -0.3 is 0 Å². The fourth-order valence-electron chi connectivity index (χ4n) is 3.69. The molecule has 26 heavy (non-hydrogen) atoms. The van der Waals surface area contributed by atoms with E-state index in [4.69, 9.17) is 0 Å². The van der Waals surface area contributed by atoms with Crippen LogP contribution < -0.4 is 5.56 Å². The van der Waals surface area contributed by atoms with Gasteiger partial charge in [0, 0.05) is 30.6 Å². The Kier molecular flexibility index (Phi) is 4.85. The zero-order valence-electron chi connectivity index (χ0n) is 14.7. The number of hydrogen-bond donors (Lipinski definition) is 0. The standard InChI is InChI=1S/C20H23F2N3O/c21-17-3-4-18(22)16(9-17)12-24-7-5-14(6-8-24)11-25-13-23-19(10-20(25)26)15-1-2-15/h3-4,9-10,13-15H,1-2,5-8,11-12H2. The van der Waals surface area contributed by atoms with Crippen LogP contribution in [0, 0.1) is 17.6 Å². The molecular formula is C20H23F2N3O. The van der Waals surface area contributed by atoms with E-state index in [1.54, 1.807) is 17.0 Å². The molecule has 6 heteroatoms. The van der Waals surface area contributed by atoms with Crippen molar-refractivity contribution in [2.75, 3.05) is 13.1 Å². The van der Waals surface area contributed by atoms with Gasteiger partial charge in [0.25, 0.3) is 5.56 Å². The molecule has 1 aliphatic carbocycles. The van der Waals surface area contributed by atoms with E-state index < -0.39 is 5.82 Å². The third-order valence-electron chi connectivity index (χ3n) is 5.46. The maximum Gasteiger partial charge on any atom is 0.253 e.